The van der Waals surface area contributed by atoms with Gasteiger partial charge in [0.2, 0.25) is 0 Å². The summed E-state index contributed by atoms with van der Waals surface area (Å²) in [5.74, 6) is -0.382. The van der Waals surface area contributed by atoms with Crippen molar-refractivity contribution < 1.29 is 9.59 Å². The van der Waals surface area contributed by atoms with Crippen LogP contribution in [-0.4, -0.2) is 34.8 Å². The second kappa shape index (κ2) is 6.91. The van der Waals surface area contributed by atoms with Crippen molar-refractivity contribution in [2.24, 2.45) is 0 Å². The van der Waals surface area contributed by atoms with E-state index in [1.165, 1.54) is 6.20 Å². The molecule has 0 aliphatic carbocycles. The van der Waals surface area contributed by atoms with Crippen LogP contribution >= 0.6 is 15.9 Å². The van der Waals surface area contributed by atoms with Crippen molar-refractivity contribution in [1.29, 1.82) is 0 Å². The van der Waals surface area contributed by atoms with Crippen molar-refractivity contribution in [3.8, 4) is 0 Å². The largest absolute Gasteiger partial charge is 0.339 e. The number of benzene rings is 1. The van der Waals surface area contributed by atoms with Gasteiger partial charge in [-0.25, -0.2) is 0 Å². The highest BCUT2D eigenvalue weighted by atomic mass is 79.9. The number of hydrogen-bond acceptors (Lipinski definition) is 3. The molecule has 1 fully saturated rings. The van der Waals surface area contributed by atoms with E-state index in [0.717, 1.165) is 30.4 Å². The average Bonchev–Trinajstić information content (AvgIpc) is 3.11. The molecule has 0 bridgehead atoms. The van der Waals surface area contributed by atoms with E-state index < -0.39 is 0 Å². The van der Waals surface area contributed by atoms with Gasteiger partial charge in [-0.05, 0) is 53.0 Å². The summed E-state index contributed by atoms with van der Waals surface area (Å²) in [6, 6.07) is 10.5. The molecule has 6 heteroatoms. The van der Waals surface area contributed by atoms with Crippen LogP contribution in [0.4, 0.5) is 5.69 Å². The van der Waals surface area contributed by atoms with Crippen molar-refractivity contribution in [2.75, 3.05) is 18.4 Å². The lowest BCUT2D eigenvalue weighted by molar-refractivity contribution is 0.0792. The van der Waals surface area contributed by atoms with Crippen LogP contribution in [0.15, 0.2) is 47.1 Å². The lowest BCUT2D eigenvalue weighted by atomic mass is 10.2. The Bertz CT molecular complexity index is 742. The summed E-state index contributed by atoms with van der Waals surface area (Å²) >= 11 is 3.38. The van der Waals surface area contributed by atoms with E-state index in [4.69, 9.17) is 0 Å². The van der Waals surface area contributed by atoms with Crippen LogP contribution in [0.25, 0.3) is 0 Å². The van der Waals surface area contributed by atoms with Crippen LogP contribution in [0.3, 0.4) is 0 Å². The maximum absolute atomic E-state index is 12.4. The van der Waals surface area contributed by atoms with Crippen LogP contribution in [0.2, 0.25) is 0 Å². The smallest absolute Gasteiger partial charge is 0.274 e. The van der Waals surface area contributed by atoms with Gasteiger partial charge in [0.05, 0.1) is 5.69 Å². The normalized spacial score (nSPS) is 13.9. The van der Waals surface area contributed by atoms with Gasteiger partial charge in [0.1, 0.15) is 5.69 Å². The number of amides is 2. The van der Waals surface area contributed by atoms with Crippen molar-refractivity contribution in [3.05, 3.63) is 58.3 Å². The Morgan fingerprint density at radius 2 is 1.87 bits per heavy atom. The summed E-state index contributed by atoms with van der Waals surface area (Å²) in [5, 5.41) is 2.79. The molecule has 3 rings (SSSR count). The molecule has 5 nitrogen and oxygen atoms in total. The topological polar surface area (TPSA) is 62.3 Å². The third-order valence-electron chi connectivity index (χ3n) is 3.75. The minimum absolute atomic E-state index is 0.0418. The molecular weight excluding hydrogens is 358 g/mol. The molecule has 0 radical (unpaired) electrons. The molecule has 1 aromatic heterocycles. The quantitative estimate of drug-likeness (QED) is 0.897. The zero-order valence-electron chi connectivity index (χ0n) is 12.5. The zero-order valence-corrected chi connectivity index (χ0v) is 14.0. The Morgan fingerprint density at radius 3 is 2.61 bits per heavy atom. The summed E-state index contributed by atoms with van der Waals surface area (Å²) in [4.78, 5) is 30.6. The van der Waals surface area contributed by atoms with E-state index in [2.05, 4.69) is 26.2 Å². The Kier molecular flexibility index (Phi) is 4.71. The highest BCUT2D eigenvalue weighted by Gasteiger charge is 2.20. The summed E-state index contributed by atoms with van der Waals surface area (Å²) < 4.78 is 0.789. The van der Waals surface area contributed by atoms with E-state index in [-0.39, 0.29) is 17.5 Å². The first-order valence-electron chi connectivity index (χ1n) is 7.46. The van der Waals surface area contributed by atoms with Crippen LogP contribution < -0.4 is 5.32 Å². The fourth-order valence-electron chi connectivity index (χ4n) is 2.54. The second-order valence-corrected chi connectivity index (χ2v) is 6.22. The molecule has 2 heterocycles. The summed E-state index contributed by atoms with van der Waals surface area (Å²) in [5.41, 5.74) is 1.39. The number of rotatable bonds is 3. The molecule has 1 aliphatic rings. The molecule has 0 saturated carbocycles. The summed E-state index contributed by atoms with van der Waals surface area (Å²) in [6.07, 6.45) is 3.57. The van der Waals surface area contributed by atoms with E-state index in [0.29, 0.717) is 11.3 Å². The molecule has 2 aromatic rings. The van der Waals surface area contributed by atoms with E-state index in [9.17, 15) is 9.59 Å². The van der Waals surface area contributed by atoms with Gasteiger partial charge in [-0.3, -0.25) is 14.6 Å². The van der Waals surface area contributed by atoms with Gasteiger partial charge in [-0.1, -0.05) is 12.1 Å². The van der Waals surface area contributed by atoms with Gasteiger partial charge < -0.3 is 10.2 Å². The number of anilines is 1. The molecule has 1 N–H and O–H groups in total. The minimum Gasteiger partial charge on any atom is -0.339 e. The van der Waals surface area contributed by atoms with Gasteiger partial charge in [-0.2, -0.15) is 0 Å². The number of carbonyl (C=O) groups excluding carboxylic acids is 2. The predicted molar refractivity (Wildman–Crippen MR) is 91.5 cm³/mol. The lowest BCUT2D eigenvalue weighted by Gasteiger charge is -2.15. The van der Waals surface area contributed by atoms with Crippen molar-refractivity contribution >= 4 is 33.4 Å². The Morgan fingerprint density at radius 1 is 1.13 bits per heavy atom. The van der Waals surface area contributed by atoms with Crippen LogP contribution in [0, 0.1) is 0 Å². The number of para-hydroxylation sites is 1. The Balaban J connectivity index is 1.77. The number of halogens is 1. The molecule has 0 spiro atoms. The number of carbonyl (C=O) groups is 2. The fraction of sp³-hybridized carbons (Fsp3) is 0.235. The van der Waals surface area contributed by atoms with Crippen molar-refractivity contribution in [1.82, 2.24) is 9.88 Å². The van der Waals surface area contributed by atoms with E-state index in [1.807, 2.05) is 23.1 Å². The van der Waals surface area contributed by atoms with Gasteiger partial charge in [0.15, 0.2) is 0 Å². The predicted octanol–water partition coefficient (Wildman–Crippen LogP) is 3.33. The third kappa shape index (κ3) is 3.59. The molecule has 23 heavy (non-hydrogen) atoms. The highest BCUT2D eigenvalue weighted by Crippen LogP contribution is 2.22. The molecule has 2 amide bonds. The number of nitrogens with zero attached hydrogens (tertiary/aromatic N) is 2. The lowest BCUT2D eigenvalue weighted by Crippen LogP contribution is -2.28. The van der Waals surface area contributed by atoms with Crippen LogP contribution in [0.1, 0.15) is 33.7 Å². The van der Waals surface area contributed by atoms with Crippen molar-refractivity contribution in [2.45, 2.75) is 12.8 Å². The van der Waals surface area contributed by atoms with Crippen LogP contribution in [-0.2, 0) is 0 Å². The highest BCUT2D eigenvalue weighted by molar-refractivity contribution is 9.10. The maximum atomic E-state index is 12.4. The second-order valence-electron chi connectivity index (χ2n) is 5.36. The maximum Gasteiger partial charge on any atom is 0.274 e. The van der Waals surface area contributed by atoms with Gasteiger partial charge in [-0.15, -0.1) is 0 Å². The number of hydrogen-bond donors (Lipinski definition) is 1. The first kappa shape index (κ1) is 15.7. The molecule has 1 aliphatic heterocycles. The number of aromatic nitrogens is 1. The standard InChI is InChI=1S/C17H16BrN3O2/c18-13-5-1-2-6-14(13)20-16(22)15-11-12(7-8-19-15)17(23)21-9-3-4-10-21/h1-2,5-8,11H,3-4,9-10H2,(H,20,22). The third-order valence-corrected chi connectivity index (χ3v) is 4.45. The molecular formula is C17H16BrN3O2. The number of likely N-dealkylation sites (tertiary alicyclic amines) is 1. The summed E-state index contributed by atoms with van der Waals surface area (Å²) in [7, 11) is 0. The van der Waals surface area contributed by atoms with Gasteiger partial charge in [0, 0.05) is 29.3 Å². The van der Waals surface area contributed by atoms with E-state index >= 15 is 0 Å². The Hall–Kier alpha value is -2.21. The molecule has 118 valence electrons. The number of nitrogens with one attached hydrogen (secondary N) is 1. The van der Waals surface area contributed by atoms with E-state index in [1.54, 1.807) is 18.2 Å². The molecule has 0 atom stereocenters. The fourth-order valence-corrected chi connectivity index (χ4v) is 2.92. The summed E-state index contributed by atoms with van der Waals surface area (Å²) in [6.45, 7) is 1.55. The Labute approximate surface area is 142 Å². The first-order valence-corrected chi connectivity index (χ1v) is 8.25. The number of pyridine rings is 1. The van der Waals surface area contributed by atoms with Crippen molar-refractivity contribution in [3.63, 3.8) is 0 Å². The first-order chi connectivity index (χ1) is 11.1. The zero-order chi connectivity index (χ0) is 16.2. The SMILES string of the molecule is O=C(Nc1ccccc1Br)c1cc(C(=O)N2CCCC2)ccn1. The molecule has 0 unspecified atom stereocenters. The monoisotopic (exact) mass is 373 g/mol. The molecule has 1 saturated heterocycles. The van der Waals surface area contributed by atoms with Gasteiger partial charge >= 0.3 is 0 Å². The van der Waals surface area contributed by atoms with Gasteiger partial charge in [0.25, 0.3) is 11.8 Å². The van der Waals surface area contributed by atoms with Crippen LogP contribution in [0.5, 0.6) is 0 Å². The molecule has 1 aromatic carbocycles. The minimum atomic E-state index is -0.340. The average molecular weight is 374 g/mol.